The van der Waals surface area contributed by atoms with Gasteiger partial charge in [0.15, 0.2) is 6.10 Å². The summed E-state index contributed by atoms with van der Waals surface area (Å²) in [7, 11) is 1.18. The highest BCUT2D eigenvalue weighted by molar-refractivity contribution is 6.31. The van der Waals surface area contributed by atoms with Crippen LogP contribution < -0.4 is 0 Å². The summed E-state index contributed by atoms with van der Waals surface area (Å²) >= 11 is 5.83. The summed E-state index contributed by atoms with van der Waals surface area (Å²) in [5.41, 5.74) is 0.240. The number of aliphatic hydroxyl groups is 1. The summed E-state index contributed by atoms with van der Waals surface area (Å²) in [6.07, 6.45) is -7.25. The highest BCUT2D eigenvalue weighted by Crippen LogP contribution is 2.34. The Bertz CT molecular complexity index is 474. The van der Waals surface area contributed by atoms with Crippen molar-refractivity contribution >= 4 is 17.6 Å². The van der Waals surface area contributed by atoms with Crippen LogP contribution in [0.2, 0.25) is 5.02 Å². The molecule has 19 heavy (non-hydrogen) atoms. The normalized spacial score (nSPS) is 14.9. The quantitative estimate of drug-likeness (QED) is 0.872. The number of alkyl halides is 3. The number of halogens is 4. The van der Waals surface area contributed by atoms with Gasteiger partial charge in [0.25, 0.3) is 0 Å². The standard InChI is InChI=1S/C12H12ClF3O3/c1-6(10(17)12(14,15)16)8-4-3-7(5-9(8)13)11(18)19-2/h3-6,10,17H,1-2H3. The molecule has 3 nitrogen and oxygen atoms in total. The molecule has 0 aliphatic rings. The van der Waals surface area contributed by atoms with E-state index in [0.29, 0.717) is 0 Å². The molecule has 1 N–H and O–H groups in total. The van der Waals surface area contributed by atoms with Crippen molar-refractivity contribution in [3.05, 3.63) is 34.3 Å². The average Bonchev–Trinajstić information content (AvgIpc) is 2.34. The molecule has 0 amide bonds. The van der Waals surface area contributed by atoms with Crippen molar-refractivity contribution in [1.29, 1.82) is 0 Å². The van der Waals surface area contributed by atoms with Crippen LogP contribution in [0.25, 0.3) is 0 Å². The van der Waals surface area contributed by atoms with Gasteiger partial charge in [-0.15, -0.1) is 0 Å². The maximum absolute atomic E-state index is 12.4. The molecule has 0 heterocycles. The Morgan fingerprint density at radius 1 is 1.42 bits per heavy atom. The summed E-state index contributed by atoms with van der Waals surface area (Å²) in [6, 6.07) is 3.78. The first-order chi connectivity index (χ1) is 8.68. The SMILES string of the molecule is COC(=O)c1ccc(C(C)C(O)C(F)(F)F)c(Cl)c1. The maximum atomic E-state index is 12.4. The van der Waals surface area contributed by atoms with E-state index in [-0.39, 0.29) is 16.1 Å². The summed E-state index contributed by atoms with van der Waals surface area (Å²) in [4.78, 5) is 11.2. The highest BCUT2D eigenvalue weighted by atomic mass is 35.5. The van der Waals surface area contributed by atoms with Crippen molar-refractivity contribution in [2.75, 3.05) is 7.11 Å². The number of hydrogen-bond donors (Lipinski definition) is 1. The van der Waals surface area contributed by atoms with E-state index >= 15 is 0 Å². The van der Waals surface area contributed by atoms with Crippen molar-refractivity contribution < 1.29 is 27.8 Å². The molecule has 1 rings (SSSR count). The lowest BCUT2D eigenvalue weighted by Crippen LogP contribution is -2.33. The molecule has 7 heteroatoms. The van der Waals surface area contributed by atoms with Crippen LogP contribution in [0, 0.1) is 0 Å². The van der Waals surface area contributed by atoms with Crippen molar-refractivity contribution in [3.8, 4) is 0 Å². The fraction of sp³-hybridized carbons (Fsp3) is 0.417. The van der Waals surface area contributed by atoms with E-state index in [1.165, 1.54) is 32.2 Å². The monoisotopic (exact) mass is 296 g/mol. The van der Waals surface area contributed by atoms with E-state index in [9.17, 15) is 23.1 Å². The third-order valence-electron chi connectivity index (χ3n) is 2.72. The highest BCUT2D eigenvalue weighted by Gasteiger charge is 2.42. The van der Waals surface area contributed by atoms with Gasteiger partial charge in [-0.1, -0.05) is 24.6 Å². The zero-order valence-corrected chi connectivity index (χ0v) is 10.9. The van der Waals surface area contributed by atoms with Crippen LogP contribution in [0.4, 0.5) is 13.2 Å². The van der Waals surface area contributed by atoms with Gasteiger partial charge < -0.3 is 9.84 Å². The van der Waals surface area contributed by atoms with E-state index in [1.807, 2.05) is 0 Å². The second-order valence-corrected chi connectivity index (χ2v) is 4.41. The van der Waals surface area contributed by atoms with Crippen molar-refractivity contribution in [1.82, 2.24) is 0 Å². The minimum Gasteiger partial charge on any atom is -0.465 e. The molecule has 0 aromatic heterocycles. The molecule has 1 aromatic rings. The summed E-state index contributed by atoms with van der Waals surface area (Å²) < 4.78 is 41.7. The zero-order chi connectivity index (χ0) is 14.8. The predicted molar refractivity (Wildman–Crippen MR) is 63.3 cm³/mol. The lowest BCUT2D eigenvalue weighted by Gasteiger charge is -2.22. The van der Waals surface area contributed by atoms with Gasteiger partial charge in [-0.2, -0.15) is 13.2 Å². The Kier molecular flexibility index (Phi) is 4.81. The molecule has 1 aromatic carbocycles. The van der Waals surface area contributed by atoms with Crippen molar-refractivity contribution in [2.24, 2.45) is 0 Å². The van der Waals surface area contributed by atoms with Crippen LogP contribution in [-0.4, -0.2) is 30.5 Å². The minimum atomic E-state index is -4.73. The van der Waals surface area contributed by atoms with Crippen LogP contribution in [0.5, 0.6) is 0 Å². The van der Waals surface area contributed by atoms with Gasteiger partial charge in [-0.3, -0.25) is 0 Å². The van der Waals surface area contributed by atoms with E-state index in [2.05, 4.69) is 4.74 Å². The largest absolute Gasteiger partial charge is 0.465 e. The van der Waals surface area contributed by atoms with Crippen LogP contribution >= 0.6 is 11.6 Å². The number of methoxy groups -OCH3 is 1. The molecular weight excluding hydrogens is 285 g/mol. The smallest absolute Gasteiger partial charge is 0.414 e. The van der Waals surface area contributed by atoms with Gasteiger partial charge in [0.05, 0.1) is 12.7 Å². The molecule has 0 bridgehead atoms. The zero-order valence-electron chi connectivity index (χ0n) is 10.2. The number of rotatable bonds is 3. The van der Waals surface area contributed by atoms with Gasteiger partial charge in [0.2, 0.25) is 0 Å². The van der Waals surface area contributed by atoms with Crippen LogP contribution in [0.15, 0.2) is 18.2 Å². The minimum absolute atomic E-state index is 0.0290. The summed E-state index contributed by atoms with van der Waals surface area (Å²) in [5.74, 6) is -1.88. The average molecular weight is 297 g/mol. The van der Waals surface area contributed by atoms with E-state index in [1.54, 1.807) is 0 Å². The molecule has 0 aliphatic heterocycles. The third kappa shape index (κ3) is 3.61. The van der Waals surface area contributed by atoms with Gasteiger partial charge in [0, 0.05) is 10.9 Å². The number of carbonyl (C=O) groups excluding carboxylic acids is 1. The summed E-state index contributed by atoms with van der Waals surface area (Å²) in [5, 5.41) is 9.15. The van der Waals surface area contributed by atoms with E-state index < -0.39 is 24.2 Å². The summed E-state index contributed by atoms with van der Waals surface area (Å²) in [6.45, 7) is 1.21. The Labute approximate surface area is 112 Å². The fourth-order valence-corrected chi connectivity index (χ4v) is 1.95. The number of esters is 1. The fourth-order valence-electron chi connectivity index (χ4n) is 1.59. The van der Waals surface area contributed by atoms with Gasteiger partial charge in [0.1, 0.15) is 0 Å². The number of carbonyl (C=O) groups is 1. The number of aliphatic hydroxyl groups excluding tert-OH is 1. The molecule has 0 spiro atoms. The molecule has 0 aliphatic carbocycles. The molecule has 0 saturated heterocycles. The second-order valence-electron chi connectivity index (χ2n) is 4.00. The third-order valence-corrected chi connectivity index (χ3v) is 3.05. The van der Waals surface area contributed by atoms with Crippen molar-refractivity contribution in [2.45, 2.75) is 25.1 Å². The van der Waals surface area contributed by atoms with Crippen molar-refractivity contribution in [3.63, 3.8) is 0 Å². The predicted octanol–water partition coefficient (Wildman–Crippen LogP) is 3.15. The number of hydrogen-bond acceptors (Lipinski definition) is 3. The Morgan fingerprint density at radius 3 is 2.42 bits per heavy atom. The molecule has 2 unspecified atom stereocenters. The first-order valence-corrected chi connectivity index (χ1v) is 5.68. The number of benzene rings is 1. The van der Waals surface area contributed by atoms with Crippen LogP contribution in [-0.2, 0) is 4.74 Å². The van der Waals surface area contributed by atoms with Gasteiger partial charge in [-0.05, 0) is 17.7 Å². The molecule has 0 saturated carbocycles. The van der Waals surface area contributed by atoms with Gasteiger partial charge >= 0.3 is 12.1 Å². The van der Waals surface area contributed by atoms with Gasteiger partial charge in [-0.25, -0.2) is 4.79 Å². The first kappa shape index (κ1) is 15.8. The lowest BCUT2D eigenvalue weighted by molar-refractivity contribution is -0.209. The maximum Gasteiger partial charge on any atom is 0.414 e. The Hall–Kier alpha value is -1.27. The molecule has 2 atom stereocenters. The first-order valence-electron chi connectivity index (χ1n) is 5.31. The lowest BCUT2D eigenvalue weighted by atomic mass is 9.94. The Morgan fingerprint density at radius 2 is 2.00 bits per heavy atom. The molecule has 0 fully saturated rings. The molecular formula is C12H12ClF3O3. The van der Waals surface area contributed by atoms with Crippen LogP contribution in [0.3, 0.4) is 0 Å². The number of ether oxygens (including phenoxy) is 1. The topological polar surface area (TPSA) is 46.5 Å². The van der Waals surface area contributed by atoms with E-state index in [0.717, 1.165) is 0 Å². The molecule has 106 valence electrons. The van der Waals surface area contributed by atoms with E-state index in [4.69, 9.17) is 11.6 Å². The Balaban J connectivity index is 3.06. The molecule has 0 radical (unpaired) electrons. The van der Waals surface area contributed by atoms with Crippen LogP contribution in [0.1, 0.15) is 28.8 Å². The second kappa shape index (κ2) is 5.79.